The second-order valence-corrected chi connectivity index (χ2v) is 13.8. The van der Waals surface area contributed by atoms with E-state index in [4.69, 9.17) is 14.0 Å². The van der Waals surface area contributed by atoms with Crippen molar-refractivity contribution in [3.8, 4) is 0 Å². The molecule has 5 heterocycles. The topological polar surface area (TPSA) is 131 Å². The quantitative estimate of drug-likeness (QED) is 0.512. The summed E-state index contributed by atoms with van der Waals surface area (Å²) in [6.07, 6.45) is 2.48. The van der Waals surface area contributed by atoms with Gasteiger partial charge in [-0.1, -0.05) is 35.5 Å². The maximum atomic E-state index is 13.6. The maximum Gasteiger partial charge on any atom is 0.410 e. The number of carbonyl (C=O) groups is 2. The van der Waals surface area contributed by atoms with E-state index in [-0.39, 0.29) is 71.9 Å². The molecule has 0 spiro atoms. The van der Waals surface area contributed by atoms with Crippen molar-refractivity contribution < 1.29 is 32.0 Å². The number of amides is 2. The number of ether oxygens (including phenoxy) is 2. The molecule has 1 N–H and O–H groups in total. The molecule has 2 aromatic rings. The van der Waals surface area contributed by atoms with Gasteiger partial charge in [0, 0.05) is 37.3 Å². The number of nitrogens with zero attached hydrogens (tertiary/aromatic N) is 3. The van der Waals surface area contributed by atoms with Gasteiger partial charge in [-0.2, -0.15) is 4.31 Å². The van der Waals surface area contributed by atoms with Gasteiger partial charge < -0.3 is 24.2 Å². The molecule has 1 aliphatic carbocycles. The number of carbonyl (C=O) groups excluding carboxylic acids is 2. The van der Waals surface area contributed by atoms with Crippen molar-refractivity contribution >= 4 is 22.0 Å². The molecule has 2 bridgehead atoms. The SMILES string of the molecule is O=C(NC1C[C@H]2CC[C@@H](C1)N2S(=O)(=O)CC1[C@H]2CN(C(=O)OCc3ccccc3)C[C@@H]12)c1cc(C2COC2)on1. The van der Waals surface area contributed by atoms with Crippen LogP contribution in [0.15, 0.2) is 40.9 Å². The van der Waals surface area contributed by atoms with Gasteiger partial charge in [0.2, 0.25) is 10.0 Å². The average molecular weight is 571 g/mol. The number of nitrogens with one attached hydrogen (secondary N) is 1. The van der Waals surface area contributed by atoms with E-state index in [1.807, 2.05) is 30.3 Å². The highest BCUT2D eigenvalue weighted by molar-refractivity contribution is 7.89. The molecule has 2 unspecified atom stereocenters. The Bertz CT molecular complexity index is 1350. The lowest BCUT2D eigenvalue weighted by Crippen LogP contribution is -2.53. The summed E-state index contributed by atoms with van der Waals surface area (Å²) in [5.74, 6) is 1.18. The van der Waals surface area contributed by atoms with Crippen LogP contribution in [0.2, 0.25) is 0 Å². The van der Waals surface area contributed by atoms with Crippen LogP contribution in [-0.4, -0.2) is 85.0 Å². The van der Waals surface area contributed by atoms with E-state index in [9.17, 15) is 18.0 Å². The lowest BCUT2D eigenvalue weighted by molar-refractivity contribution is -0.00228. The Kier molecular flexibility index (Phi) is 6.59. The normalized spacial score (nSPS) is 31.4. The Hall–Kier alpha value is -2.96. The van der Waals surface area contributed by atoms with Crippen molar-refractivity contribution in [3.63, 3.8) is 0 Å². The Morgan fingerprint density at radius 1 is 1.05 bits per heavy atom. The van der Waals surface area contributed by atoms with Gasteiger partial charge in [0.1, 0.15) is 12.4 Å². The zero-order valence-corrected chi connectivity index (χ0v) is 23.0. The molecular formula is C28H34N4O7S. The smallest absolute Gasteiger partial charge is 0.410 e. The summed E-state index contributed by atoms with van der Waals surface area (Å²) in [7, 11) is -3.44. The summed E-state index contributed by atoms with van der Waals surface area (Å²) in [6.45, 7) is 2.49. The molecular weight excluding hydrogens is 536 g/mol. The lowest BCUT2D eigenvalue weighted by atomic mass is 9.99. The van der Waals surface area contributed by atoms with Gasteiger partial charge in [0.25, 0.3) is 5.91 Å². The molecule has 4 aliphatic heterocycles. The molecule has 5 aliphatic rings. The number of hydrogen-bond donors (Lipinski definition) is 1. The second-order valence-electron chi connectivity index (χ2n) is 11.9. The van der Waals surface area contributed by atoms with Crippen molar-refractivity contribution in [2.45, 2.75) is 56.3 Å². The number of likely N-dealkylation sites (tertiary alicyclic amines) is 1. The highest BCUT2D eigenvalue weighted by Crippen LogP contribution is 2.53. The minimum Gasteiger partial charge on any atom is -0.445 e. The number of hydrogen-bond acceptors (Lipinski definition) is 8. The molecule has 1 aromatic carbocycles. The number of benzene rings is 1. The molecule has 12 heteroatoms. The van der Waals surface area contributed by atoms with E-state index in [0.29, 0.717) is 44.9 Å². The molecule has 214 valence electrons. The molecule has 2 amide bonds. The van der Waals surface area contributed by atoms with Crippen LogP contribution in [0, 0.1) is 17.8 Å². The van der Waals surface area contributed by atoms with Gasteiger partial charge >= 0.3 is 6.09 Å². The van der Waals surface area contributed by atoms with Gasteiger partial charge in [-0.25, -0.2) is 13.2 Å². The predicted octanol–water partition coefficient (Wildman–Crippen LogP) is 2.36. The molecule has 0 radical (unpaired) electrons. The zero-order valence-electron chi connectivity index (χ0n) is 22.2. The van der Waals surface area contributed by atoms with E-state index < -0.39 is 10.0 Å². The van der Waals surface area contributed by atoms with Crippen LogP contribution in [0.4, 0.5) is 4.79 Å². The molecule has 7 rings (SSSR count). The molecule has 1 aromatic heterocycles. The van der Waals surface area contributed by atoms with Crippen molar-refractivity contribution in [3.05, 3.63) is 53.4 Å². The number of piperidine rings is 2. The highest BCUT2D eigenvalue weighted by Gasteiger charge is 2.59. The Balaban J connectivity index is 0.895. The lowest BCUT2D eigenvalue weighted by Gasteiger charge is -2.38. The van der Waals surface area contributed by atoms with Crippen LogP contribution in [0.3, 0.4) is 0 Å². The fourth-order valence-corrected chi connectivity index (χ4v) is 9.58. The average Bonchev–Trinajstić information content (AvgIpc) is 3.33. The predicted molar refractivity (Wildman–Crippen MR) is 142 cm³/mol. The maximum absolute atomic E-state index is 13.6. The van der Waals surface area contributed by atoms with E-state index in [1.165, 1.54) is 0 Å². The standard InChI is InChI=1S/C28H34N4O7S/c33-27(25-10-26(39-30-25)18-14-37-15-18)29-19-8-20-6-7-21(9-19)32(20)40(35,36)16-24-22-11-31(12-23(22)24)28(34)38-13-17-4-2-1-3-5-17/h1-5,10,18-24H,6-9,11-16H2,(H,29,33)/t19?,20-,21+,22-,23+,24?. The Morgan fingerprint density at radius 3 is 2.40 bits per heavy atom. The summed E-state index contributed by atoms with van der Waals surface area (Å²) in [5, 5.41) is 6.97. The highest BCUT2D eigenvalue weighted by atomic mass is 32.2. The van der Waals surface area contributed by atoms with Crippen molar-refractivity contribution in [1.29, 1.82) is 0 Å². The minimum atomic E-state index is -3.44. The van der Waals surface area contributed by atoms with Crippen LogP contribution >= 0.6 is 0 Å². The Labute approximate surface area is 233 Å². The van der Waals surface area contributed by atoms with Crippen LogP contribution < -0.4 is 5.32 Å². The first-order valence-corrected chi connectivity index (χ1v) is 15.8. The van der Waals surface area contributed by atoms with E-state index in [0.717, 1.165) is 18.4 Å². The largest absolute Gasteiger partial charge is 0.445 e. The van der Waals surface area contributed by atoms with Gasteiger partial charge in [0.05, 0.1) is 24.9 Å². The summed E-state index contributed by atoms with van der Waals surface area (Å²) < 4.78 is 44.8. The fraction of sp³-hybridized carbons (Fsp3) is 0.607. The second kappa shape index (κ2) is 10.1. The summed E-state index contributed by atoms with van der Waals surface area (Å²) in [4.78, 5) is 27.0. The summed E-state index contributed by atoms with van der Waals surface area (Å²) in [5.41, 5.74) is 1.19. The van der Waals surface area contributed by atoms with Gasteiger partial charge in [0.15, 0.2) is 5.69 Å². The third-order valence-corrected chi connectivity index (χ3v) is 11.4. The first kappa shape index (κ1) is 26.0. The Morgan fingerprint density at radius 2 is 1.75 bits per heavy atom. The summed E-state index contributed by atoms with van der Waals surface area (Å²) >= 11 is 0. The molecule has 6 atom stereocenters. The van der Waals surface area contributed by atoms with E-state index in [2.05, 4.69) is 10.5 Å². The molecule has 11 nitrogen and oxygen atoms in total. The number of aromatic nitrogens is 1. The molecule has 4 saturated heterocycles. The molecule has 40 heavy (non-hydrogen) atoms. The molecule has 1 saturated carbocycles. The summed E-state index contributed by atoms with van der Waals surface area (Å²) in [6, 6.07) is 10.9. The van der Waals surface area contributed by atoms with Gasteiger partial charge in [-0.05, 0) is 49.0 Å². The van der Waals surface area contributed by atoms with Crippen molar-refractivity contribution in [1.82, 2.24) is 19.7 Å². The van der Waals surface area contributed by atoms with Crippen LogP contribution in [0.25, 0.3) is 0 Å². The monoisotopic (exact) mass is 570 g/mol. The number of sulfonamides is 1. The third-order valence-electron chi connectivity index (χ3n) is 9.36. The number of rotatable bonds is 8. The van der Waals surface area contributed by atoms with E-state index in [1.54, 1.807) is 15.3 Å². The van der Waals surface area contributed by atoms with Crippen molar-refractivity contribution in [2.75, 3.05) is 32.1 Å². The zero-order chi connectivity index (χ0) is 27.4. The minimum absolute atomic E-state index is 0.0856. The van der Waals surface area contributed by atoms with Crippen LogP contribution in [0.1, 0.15) is 53.4 Å². The fourth-order valence-electron chi connectivity index (χ4n) is 7.14. The van der Waals surface area contributed by atoms with Crippen LogP contribution in [0.5, 0.6) is 0 Å². The van der Waals surface area contributed by atoms with Gasteiger partial charge in [-0.3, -0.25) is 4.79 Å². The van der Waals surface area contributed by atoms with Gasteiger partial charge in [-0.15, -0.1) is 0 Å². The van der Waals surface area contributed by atoms with E-state index >= 15 is 0 Å². The first-order valence-electron chi connectivity index (χ1n) is 14.2. The first-order chi connectivity index (χ1) is 19.4. The third kappa shape index (κ3) is 4.90. The van der Waals surface area contributed by atoms with Crippen LogP contribution in [-0.2, 0) is 26.1 Å². The number of fused-ring (bicyclic) bond motifs is 3. The molecule has 5 fully saturated rings. The van der Waals surface area contributed by atoms with Crippen molar-refractivity contribution in [2.24, 2.45) is 17.8 Å².